The number of benzene rings is 1. The highest BCUT2D eigenvalue weighted by molar-refractivity contribution is 5.29. The second-order valence-electron chi connectivity index (χ2n) is 4.38. The molecule has 1 aliphatic heterocycles. The van der Waals surface area contributed by atoms with E-state index >= 15 is 0 Å². The Hall–Kier alpha value is -1.72. The van der Waals surface area contributed by atoms with E-state index in [0.29, 0.717) is 0 Å². The lowest BCUT2D eigenvalue weighted by atomic mass is 10.3. The highest BCUT2D eigenvalue weighted by Gasteiger charge is 2.12. The number of aromatic nitrogens is 3. The topological polar surface area (TPSA) is 43.2 Å². The molecule has 94 valence electrons. The summed E-state index contributed by atoms with van der Waals surface area (Å²) in [5, 5.41) is 8.38. The normalized spacial score (nSPS) is 16.9. The van der Waals surface area contributed by atoms with Gasteiger partial charge in [-0.15, -0.1) is 5.10 Å². The smallest absolute Gasteiger partial charge is 0.0971 e. The molecule has 2 aromatic rings. The number of hydrogen-bond donors (Lipinski definition) is 0. The average Bonchev–Trinajstić information content (AvgIpc) is 2.89. The second kappa shape index (κ2) is 5.29. The summed E-state index contributed by atoms with van der Waals surface area (Å²) in [6.07, 6.45) is 1.99. The van der Waals surface area contributed by atoms with Crippen molar-refractivity contribution in [1.82, 2.24) is 19.9 Å². The Bertz CT molecular complexity index is 491. The molecular weight excluding hydrogens is 228 g/mol. The van der Waals surface area contributed by atoms with Gasteiger partial charge in [-0.2, -0.15) is 0 Å². The van der Waals surface area contributed by atoms with Gasteiger partial charge in [-0.25, -0.2) is 4.68 Å². The van der Waals surface area contributed by atoms with Crippen molar-refractivity contribution in [3.8, 4) is 5.69 Å². The molecule has 0 amide bonds. The first kappa shape index (κ1) is 11.4. The van der Waals surface area contributed by atoms with Gasteiger partial charge < -0.3 is 4.74 Å². The van der Waals surface area contributed by atoms with E-state index in [1.54, 1.807) is 0 Å². The number of para-hydroxylation sites is 1. The summed E-state index contributed by atoms with van der Waals surface area (Å²) in [5.74, 6) is 0. The molecule has 1 aromatic heterocycles. The van der Waals surface area contributed by atoms with Gasteiger partial charge in [0.2, 0.25) is 0 Å². The average molecular weight is 244 g/mol. The molecule has 1 aliphatic rings. The third-order valence-electron chi connectivity index (χ3n) is 3.05. The summed E-state index contributed by atoms with van der Waals surface area (Å²) >= 11 is 0. The van der Waals surface area contributed by atoms with Gasteiger partial charge in [-0.1, -0.05) is 23.4 Å². The lowest BCUT2D eigenvalue weighted by Crippen LogP contribution is -2.35. The van der Waals surface area contributed by atoms with E-state index in [1.165, 1.54) is 0 Å². The maximum Gasteiger partial charge on any atom is 0.0971 e. The van der Waals surface area contributed by atoms with Crippen LogP contribution in [0.25, 0.3) is 5.69 Å². The SMILES string of the molecule is c1ccc(-n2cc(CN3CCOCC3)nn2)cc1. The molecule has 3 rings (SSSR count). The van der Waals surface area contributed by atoms with Crippen molar-refractivity contribution >= 4 is 0 Å². The van der Waals surface area contributed by atoms with Crippen LogP contribution in [0.15, 0.2) is 36.5 Å². The van der Waals surface area contributed by atoms with Crippen molar-refractivity contribution < 1.29 is 4.74 Å². The first-order chi connectivity index (χ1) is 8.92. The molecule has 0 unspecified atom stereocenters. The van der Waals surface area contributed by atoms with Gasteiger partial charge in [-0.3, -0.25) is 4.90 Å². The second-order valence-corrected chi connectivity index (χ2v) is 4.38. The van der Waals surface area contributed by atoms with Crippen LogP contribution in [-0.4, -0.2) is 46.2 Å². The van der Waals surface area contributed by atoms with Crippen LogP contribution in [-0.2, 0) is 11.3 Å². The summed E-state index contributed by atoms with van der Waals surface area (Å²) in [6, 6.07) is 10.0. The molecule has 5 heteroatoms. The highest BCUT2D eigenvalue weighted by Crippen LogP contribution is 2.08. The highest BCUT2D eigenvalue weighted by atomic mass is 16.5. The van der Waals surface area contributed by atoms with E-state index in [2.05, 4.69) is 15.2 Å². The van der Waals surface area contributed by atoms with E-state index in [0.717, 1.165) is 44.2 Å². The van der Waals surface area contributed by atoms with Gasteiger partial charge in [0.05, 0.1) is 30.8 Å². The van der Waals surface area contributed by atoms with Crippen LogP contribution < -0.4 is 0 Å². The number of morpholine rings is 1. The zero-order valence-corrected chi connectivity index (χ0v) is 10.2. The van der Waals surface area contributed by atoms with Crippen molar-refractivity contribution in [2.45, 2.75) is 6.54 Å². The maximum absolute atomic E-state index is 5.33. The fraction of sp³-hybridized carbons (Fsp3) is 0.385. The molecule has 0 N–H and O–H groups in total. The quantitative estimate of drug-likeness (QED) is 0.811. The van der Waals surface area contributed by atoms with Crippen molar-refractivity contribution in [3.05, 3.63) is 42.2 Å². The lowest BCUT2D eigenvalue weighted by Gasteiger charge is -2.25. The van der Waals surface area contributed by atoms with Gasteiger partial charge in [0, 0.05) is 19.6 Å². The number of hydrogen-bond acceptors (Lipinski definition) is 4. The number of nitrogens with zero attached hydrogens (tertiary/aromatic N) is 4. The zero-order chi connectivity index (χ0) is 12.2. The van der Waals surface area contributed by atoms with Crippen molar-refractivity contribution in [2.24, 2.45) is 0 Å². The van der Waals surface area contributed by atoms with Crippen LogP contribution >= 0.6 is 0 Å². The fourth-order valence-corrected chi connectivity index (χ4v) is 2.07. The monoisotopic (exact) mass is 244 g/mol. The van der Waals surface area contributed by atoms with Crippen molar-refractivity contribution in [3.63, 3.8) is 0 Å². The summed E-state index contributed by atoms with van der Waals surface area (Å²) in [5.41, 5.74) is 2.04. The number of ether oxygens (including phenoxy) is 1. The summed E-state index contributed by atoms with van der Waals surface area (Å²) in [7, 11) is 0. The Morgan fingerprint density at radius 1 is 1.11 bits per heavy atom. The summed E-state index contributed by atoms with van der Waals surface area (Å²) in [4.78, 5) is 2.34. The Morgan fingerprint density at radius 2 is 1.89 bits per heavy atom. The maximum atomic E-state index is 5.33. The summed E-state index contributed by atoms with van der Waals surface area (Å²) in [6.45, 7) is 4.41. The van der Waals surface area contributed by atoms with E-state index in [4.69, 9.17) is 4.74 Å². The Balaban J connectivity index is 1.69. The predicted octanol–water partition coefficient (Wildman–Crippen LogP) is 1.10. The van der Waals surface area contributed by atoms with Crippen molar-refractivity contribution in [1.29, 1.82) is 0 Å². The molecule has 0 saturated carbocycles. The molecular formula is C13H16N4O. The van der Waals surface area contributed by atoms with E-state index in [1.807, 2.05) is 41.2 Å². The molecule has 0 bridgehead atoms. The minimum Gasteiger partial charge on any atom is -0.379 e. The molecule has 1 saturated heterocycles. The molecule has 0 aliphatic carbocycles. The zero-order valence-electron chi connectivity index (χ0n) is 10.2. The van der Waals surface area contributed by atoms with E-state index < -0.39 is 0 Å². The third-order valence-corrected chi connectivity index (χ3v) is 3.05. The van der Waals surface area contributed by atoms with Crippen LogP contribution in [0, 0.1) is 0 Å². The fourth-order valence-electron chi connectivity index (χ4n) is 2.07. The Kier molecular flexibility index (Phi) is 3.34. The van der Waals surface area contributed by atoms with Gasteiger partial charge in [0.15, 0.2) is 0 Å². The van der Waals surface area contributed by atoms with E-state index in [-0.39, 0.29) is 0 Å². The largest absolute Gasteiger partial charge is 0.379 e. The minimum absolute atomic E-state index is 0.812. The molecule has 1 fully saturated rings. The van der Waals surface area contributed by atoms with Crippen molar-refractivity contribution in [2.75, 3.05) is 26.3 Å². The first-order valence-electron chi connectivity index (χ1n) is 6.18. The van der Waals surface area contributed by atoms with Gasteiger partial charge in [0.1, 0.15) is 0 Å². The first-order valence-corrected chi connectivity index (χ1v) is 6.18. The predicted molar refractivity (Wildman–Crippen MR) is 67.5 cm³/mol. The Labute approximate surface area is 106 Å². The number of rotatable bonds is 3. The molecule has 0 atom stereocenters. The van der Waals surface area contributed by atoms with Crippen LogP contribution in [0.5, 0.6) is 0 Å². The van der Waals surface area contributed by atoms with Crippen LogP contribution in [0.2, 0.25) is 0 Å². The van der Waals surface area contributed by atoms with Gasteiger partial charge in [0.25, 0.3) is 0 Å². The van der Waals surface area contributed by atoms with Crippen LogP contribution in [0.4, 0.5) is 0 Å². The Morgan fingerprint density at radius 3 is 2.67 bits per heavy atom. The van der Waals surface area contributed by atoms with Crippen LogP contribution in [0.3, 0.4) is 0 Å². The standard InChI is InChI=1S/C13H16N4O/c1-2-4-13(5-3-1)17-11-12(14-15-17)10-16-6-8-18-9-7-16/h1-5,11H,6-10H2. The van der Waals surface area contributed by atoms with E-state index in [9.17, 15) is 0 Å². The molecule has 2 heterocycles. The molecule has 0 spiro atoms. The minimum atomic E-state index is 0.812. The summed E-state index contributed by atoms with van der Waals surface area (Å²) < 4.78 is 7.14. The van der Waals surface area contributed by atoms with Gasteiger partial charge in [-0.05, 0) is 12.1 Å². The molecule has 1 aromatic carbocycles. The third kappa shape index (κ3) is 2.57. The van der Waals surface area contributed by atoms with Gasteiger partial charge >= 0.3 is 0 Å². The lowest BCUT2D eigenvalue weighted by molar-refractivity contribution is 0.0336. The molecule has 18 heavy (non-hydrogen) atoms. The molecule has 0 radical (unpaired) electrons. The molecule has 5 nitrogen and oxygen atoms in total. The van der Waals surface area contributed by atoms with Crippen LogP contribution in [0.1, 0.15) is 5.69 Å².